The summed E-state index contributed by atoms with van der Waals surface area (Å²) in [6.07, 6.45) is 1.49. The summed E-state index contributed by atoms with van der Waals surface area (Å²) in [6.45, 7) is 5.74. The molecule has 116 valence electrons. The first-order valence-corrected chi connectivity index (χ1v) is 7.52. The highest BCUT2D eigenvalue weighted by atomic mass is 19.1. The molecule has 2 atom stereocenters. The van der Waals surface area contributed by atoms with Crippen molar-refractivity contribution < 1.29 is 13.9 Å². The minimum atomic E-state index is -0.431. The van der Waals surface area contributed by atoms with Crippen molar-refractivity contribution in [2.45, 2.75) is 38.8 Å². The van der Waals surface area contributed by atoms with Gasteiger partial charge in [-0.1, -0.05) is 6.07 Å². The van der Waals surface area contributed by atoms with Crippen LogP contribution in [0.4, 0.5) is 10.1 Å². The Labute approximate surface area is 125 Å². The molecule has 0 unspecified atom stereocenters. The first kappa shape index (κ1) is 15.8. The molecule has 1 N–H and O–H groups in total. The third-order valence-electron chi connectivity index (χ3n) is 3.73. The van der Waals surface area contributed by atoms with Crippen molar-refractivity contribution in [3.63, 3.8) is 0 Å². The Hall–Kier alpha value is -1.62. The summed E-state index contributed by atoms with van der Waals surface area (Å²) < 4.78 is 18.6. The van der Waals surface area contributed by atoms with Gasteiger partial charge in [-0.25, -0.2) is 4.39 Å². The molecule has 1 aliphatic rings. The average Bonchev–Trinajstić information content (AvgIpc) is 2.48. The van der Waals surface area contributed by atoms with Crippen LogP contribution < -0.4 is 10.2 Å². The lowest BCUT2D eigenvalue weighted by Crippen LogP contribution is -2.50. The Kier molecular flexibility index (Phi) is 5.56. The number of amides is 1. The van der Waals surface area contributed by atoms with Crippen LogP contribution in [0.5, 0.6) is 0 Å². The lowest BCUT2D eigenvalue weighted by Gasteiger charge is -2.35. The van der Waals surface area contributed by atoms with Crippen molar-refractivity contribution in [3.8, 4) is 0 Å². The van der Waals surface area contributed by atoms with E-state index >= 15 is 0 Å². The molecule has 0 bridgehead atoms. The van der Waals surface area contributed by atoms with Gasteiger partial charge in [0, 0.05) is 31.4 Å². The topological polar surface area (TPSA) is 41.6 Å². The third-order valence-corrected chi connectivity index (χ3v) is 3.73. The Balaban J connectivity index is 1.93. The number of piperidine rings is 1. The van der Waals surface area contributed by atoms with Crippen molar-refractivity contribution in [3.05, 3.63) is 30.1 Å². The molecule has 1 heterocycles. The largest absolute Gasteiger partial charge is 0.369 e. The van der Waals surface area contributed by atoms with Crippen molar-refractivity contribution in [1.29, 1.82) is 0 Å². The molecule has 1 saturated heterocycles. The number of halogens is 1. The number of carbonyl (C=O) groups is 1. The maximum absolute atomic E-state index is 13.3. The van der Waals surface area contributed by atoms with Crippen molar-refractivity contribution in [1.82, 2.24) is 5.32 Å². The van der Waals surface area contributed by atoms with Gasteiger partial charge in [-0.15, -0.1) is 0 Å². The number of benzene rings is 1. The van der Waals surface area contributed by atoms with Crippen LogP contribution in [0.2, 0.25) is 0 Å². The van der Waals surface area contributed by atoms with Crippen molar-refractivity contribution in [2.75, 3.05) is 24.6 Å². The Morgan fingerprint density at radius 3 is 3.10 bits per heavy atom. The number of carbonyl (C=O) groups excluding carboxylic acids is 1. The molecule has 0 radical (unpaired) electrons. The van der Waals surface area contributed by atoms with E-state index in [1.165, 1.54) is 12.1 Å². The molecule has 1 amide bonds. The fourth-order valence-electron chi connectivity index (χ4n) is 2.65. The van der Waals surface area contributed by atoms with Gasteiger partial charge in [-0.2, -0.15) is 0 Å². The fraction of sp³-hybridized carbons (Fsp3) is 0.562. The smallest absolute Gasteiger partial charge is 0.249 e. The van der Waals surface area contributed by atoms with Crippen LogP contribution in [0.1, 0.15) is 26.7 Å². The van der Waals surface area contributed by atoms with E-state index in [4.69, 9.17) is 4.74 Å². The predicted octanol–water partition coefficient (Wildman–Crippen LogP) is 2.34. The van der Waals surface area contributed by atoms with E-state index in [1.54, 1.807) is 13.0 Å². The van der Waals surface area contributed by atoms with E-state index in [0.29, 0.717) is 13.2 Å². The molecular weight excluding hydrogens is 271 g/mol. The number of hydrogen-bond donors (Lipinski definition) is 1. The SMILES string of the molecule is CCO[C@@H](C)C(=O)N[C@H]1CCCN(c2cccc(F)c2)C1. The second kappa shape index (κ2) is 7.41. The molecule has 4 nitrogen and oxygen atoms in total. The van der Waals surface area contributed by atoms with E-state index < -0.39 is 6.10 Å². The summed E-state index contributed by atoms with van der Waals surface area (Å²) in [6, 6.07) is 6.67. The number of rotatable bonds is 5. The first-order valence-electron chi connectivity index (χ1n) is 7.52. The molecule has 2 rings (SSSR count). The van der Waals surface area contributed by atoms with Crippen LogP contribution in [0.3, 0.4) is 0 Å². The molecule has 1 fully saturated rings. The van der Waals surface area contributed by atoms with Crippen LogP contribution >= 0.6 is 0 Å². The maximum atomic E-state index is 13.3. The third kappa shape index (κ3) is 4.43. The summed E-state index contributed by atoms with van der Waals surface area (Å²) in [5.74, 6) is -0.313. The summed E-state index contributed by atoms with van der Waals surface area (Å²) >= 11 is 0. The second-order valence-electron chi connectivity index (χ2n) is 5.37. The molecule has 1 aromatic carbocycles. The summed E-state index contributed by atoms with van der Waals surface area (Å²) in [4.78, 5) is 14.1. The highest BCUT2D eigenvalue weighted by Crippen LogP contribution is 2.20. The van der Waals surface area contributed by atoms with Gasteiger partial charge in [0.25, 0.3) is 0 Å². The standard InChI is InChI=1S/C16H23FN2O2/c1-3-21-12(2)16(20)18-14-7-5-9-19(11-14)15-8-4-6-13(17)10-15/h4,6,8,10,12,14H,3,5,7,9,11H2,1-2H3,(H,18,20)/t12-,14-/m0/s1. The molecule has 21 heavy (non-hydrogen) atoms. The number of nitrogens with zero attached hydrogens (tertiary/aromatic N) is 1. The first-order chi connectivity index (χ1) is 10.1. The fourth-order valence-corrected chi connectivity index (χ4v) is 2.65. The summed E-state index contributed by atoms with van der Waals surface area (Å²) in [5.41, 5.74) is 0.867. The molecule has 0 spiro atoms. The highest BCUT2D eigenvalue weighted by molar-refractivity contribution is 5.80. The molecule has 0 aliphatic carbocycles. The van der Waals surface area contributed by atoms with Gasteiger partial charge in [0.05, 0.1) is 0 Å². The van der Waals surface area contributed by atoms with E-state index in [2.05, 4.69) is 10.2 Å². The number of nitrogens with one attached hydrogen (secondary N) is 1. The van der Waals surface area contributed by atoms with E-state index in [0.717, 1.165) is 25.1 Å². The van der Waals surface area contributed by atoms with Crippen LogP contribution in [-0.2, 0) is 9.53 Å². The van der Waals surface area contributed by atoms with Crippen LogP contribution in [-0.4, -0.2) is 37.7 Å². The zero-order valence-electron chi connectivity index (χ0n) is 12.6. The van der Waals surface area contributed by atoms with Crippen molar-refractivity contribution >= 4 is 11.6 Å². The number of ether oxygens (including phenoxy) is 1. The summed E-state index contributed by atoms with van der Waals surface area (Å²) in [5, 5.41) is 3.02. The van der Waals surface area contributed by atoms with Gasteiger partial charge in [-0.3, -0.25) is 4.79 Å². The number of anilines is 1. The van der Waals surface area contributed by atoms with Gasteiger partial charge in [-0.05, 0) is 44.9 Å². The van der Waals surface area contributed by atoms with Gasteiger partial charge in [0.15, 0.2) is 0 Å². The Bertz CT molecular complexity index is 481. The lowest BCUT2D eigenvalue weighted by molar-refractivity contribution is -0.132. The maximum Gasteiger partial charge on any atom is 0.249 e. The minimum absolute atomic E-state index is 0.0806. The Morgan fingerprint density at radius 1 is 1.57 bits per heavy atom. The monoisotopic (exact) mass is 294 g/mol. The van der Waals surface area contributed by atoms with Crippen molar-refractivity contribution in [2.24, 2.45) is 0 Å². The van der Waals surface area contributed by atoms with Crippen LogP contribution in [0, 0.1) is 5.82 Å². The second-order valence-corrected chi connectivity index (χ2v) is 5.37. The quantitative estimate of drug-likeness (QED) is 0.906. The van der Waals surface area contributed by atoms with E-state index in [9.17, 15) is 9.18 Å². The van der Waals surface area contributed by atoms with Gasteiger partial charge < -0.3 is 15.0 Å². The zero-order valence-corrected chi connectivity index (χ0v) is 12.6. The van der Waals surface area contributed by atoms with E-state index in [1.807, 2.05) is 13.0 Å². The van der Waals surface area contributed by atoms with Gasteiger partial charge in [0.1, 0.15) is 11.9 Å². The molecule has 0 saturated carbocycles. The molecule has 5 heteroatoms. The minimum Gasteiger partial charge on any atom is -0.369 e. The molecule has 1 aliphatic heterocycles. The predicted molar refractivity (Wildman–Crippen MR) is 80.9 cm³/mol. The number of hydrogen-bond acceptors (Lipinski definition) is 3. The van der Waals surface area contributed by atoms with Crippen LogP contribution in [0.15, 0.2) is 24.3 Å². The van der Waals surface area contributed by atoms with E-state index in [-0.39, 0.29) is 17.8 Å². The molecular formula is C16H23FN2O2. The normalized spacial score (nSPS) is 20.1. The molecule has 0 aromatic heterocycles. The zero-order chi connectivity index (χ0) is 15.2. The average molecular weight is 294 g/mol. The Morgan fingerprint density at radius 2 is 2.38 bits per heavy atom. The highest BCUT2D eigenvalue weighted by Gasteiger charge is 2.23. The molecule has 1 aromatic rings. The van der Waals surface area contributed by atoms with Gasteiger partial charge in [0.2, 0.25) is 5.91 Å². The van der Waals surface area contributed by atoms with Gasteiger partial charge >= 0.3 is 0 Å². The van der Waals surface area contributed by atoms with Crippen LogP contribution in [0.25, 0.3) is 0 Å². The summed E-state index contributed by atoms with van der Waals surface area (Å²) in [7, 11) is 0. The lowest BCUT2D eigenvalue weighted by atomic mass is 10.0.